The zero-order chi connectivity index (χ0) is 13.3. The number of benzene rings is 1. The molecule has 3 rings (SSSR count). The Morgan fingerprint density at radius 3 is 2.63 bits per heavy atom. The summed E-state index contributed by atoms with van der Waals surface area (Å²) in [5.74, 6) is 1.25. The van der Waals surface area contributed by atoms with Gasteiger partial charge in [-0.1, -0.05) is 42.0 Å². The molecule has 0 spiro atoms. The third kappa shape index (κ3) is 2.24. The van der Waals surface area contributed by atoms with E-state index in [2.05, 4.69) is 42.3 Å². The highest BCUT2D eigenvalue weighted by Gasteiger charge is 2.30. The highest BCUT2D eigenvalue weighted by atomic mass is 16.4. The largest absolute Gasteiger partial charge is 0.420 e. The van der Waals surface area contributed by atoms with Crippen molar-refractivity contribution in [1.29, 1.82) is 0 Å². The highest BCUT2D eigenvalue weighted by molar-refractivity contribution is 5.52. The number of hydrogen-bond acceptors (Lipinski definition) is 3. The Morgan fingerprint density at radius 2 is 1.95 bits per heavy atom. The topological polar surface area (TPSA) is 38.9 Å². The molecule has 19 heavy (non-hydrogen) atoms. The summed E-state index contributed by atoms with van der Waals surface area (Å²) in [6.45, 7) is 4.22. The molecule has 1 heterocycles. The van der Waals surface area contributed by atoms with Gasteiger partial charge >= 0.3 is 0 Å². The Labute approximate surface area is 112 Å². The van der Waals surface area contributed by atoms with Crippen molar-refractivity contribution in [1.82, 2.24) is 10.2 Å². The summed E-state index contributed by atoms with van der Waals surface area (Å²) < 4.78 is 5.84. The first-order valence-corrected chi connectivity index (χ1v) is 6.43. The zero-order valence-electron chi connectivity index (χ0n) is 11.1. The second-order valence-corrected chi connectivity index (χ2v) is 5.18. The van der Waals surface area contributed by atoms with Crippen LogP contribution < -0.4 is 0 Å². The van der Waals surface area contributed by atoms with Gasteiger partial charge in [0, 0.05) is 5.56 Å². The van der Waals surface area contributed by atoms with Crippen LogP contribution in [0.25, 0.3) is 11.5 Å². The van der Waals surface area contributed by atoms with E-state index < -0.39 is 0 Å². The van der Waals surface area contributed by atoms with E-state index in [1.807, 2.05) is 30.3 Å². The van der Waals surface area contributed by atoms with Gasteiger partial charge in [-0.3, -0.25) is 0 Å². The molecule has 1 aliphatic rings. The normalized spacial score (nSPS) is 22.3. The average Bonchev–Trinajstić information content (AvgIpc) is 2.94. The third-order valence-electron chi connectivity index (χ3n) is 3.50. The van der Waals surface area contributed by atoms with E-state index in [9.17, 15) is 0 Å². The minimum absolute atomic E-state index is 0.195. The van der Waals surface area contributed by atoms with Gasteiger partial charge in [0.2, 0.25) is 11.8 Å². The van der Waals surface area contributed by atoms with Crippen molar-refractivity contribution in [2.24, 2.45) is 0 Å². The molecule has 1 aromatic heterocycles. The Balaban J connectivity index is 1.92. The molecule has 0 saturated heterocycles. The molecular formula is C16H16N2O. The van der Waals surface area contributed by atoms with Crippen LogP contribution >= 0.6 is 0 Å². The summed E-state index contributed by atoms with van der Waals surface area (Å²) in [5.41, 5.74) is 2.04. The van der Waals surface area contributed by atoms with E-state index in [0.29, 0.717) is 11.8 Å². The molecule has 1 aliphatic carbocycles. The summed E-state index contributed by atoms with van der Waals surface area (Å²) in [7, 11) is 0. The first-order chi connectivity index (χ1) is 9.17. The van der Waals surface area contributed by atoms with Gasteiger partial charge in [-0.15, -0.1) is 10.2 Å². The molecule has 0 amide bonds. The number of nitrogens with zero attached hydrogens (tertiary/aromatic N) is 2. The van der Waals surface area contributed by atoms with Gasteiger partial charge in [0.1, 0.15) is 0 Å². The second kappa shape index (κ2) is 4.50. The molecule has 96 valence electrons. The van der Waals surface area contributed by atoms with Crippen LogP contribution in [0.2, 0.25) is 0 Å². The lowest BCUT2D eigenvalue weighted by Gasteiger charge is -2.23. The average molecular weight is 252 g/mol. The maximum Gasteiger partial charge on any atom is 0.247 e. The molecule has 0 aliphatic heterocycles. The lowest BCUT2D eigenvalue weighted by molar-refractivity contribution is 0.406. The second-order valence-electron chi connectivity index (χ2n) is 5.18. The van der Waals surface area contributed by atoms with Gasteiger partial charge in [0.15, 0.2) is 0 Å². The van der Waals surface area contributed by atoms with Crippen LogP contribution in [0.4, 0.5) is 0 Å². The molecule has 0 saturated carbocycles. The predicted molar refractivity (Wildman–Crippen MR) is 74.6 cm³/mol. The summed E-state index contributed by atoms with van der Waals surface area (Å²) in [6, 6.07) is 9.85. The lowest BCUT2D eigenvalue weighted by Crippen LogP contribution is -2.20. The quantitative estimate of drug-likeness (QED) is 0.813. The van der Waals surface area contributed by atoms with Crippen molar-refractivity contribution < 1.29 is 4.42 Å². The van der Waals surface area contributed by atoms with E-state index in [-0.39, 0.29) is 5.41 Å². The minimum atomic E-state index is -0.195. The van der Waals surface area contributed by atoms with Crippen LogP contribution in [-0.2, 0) is 5.41 Å². The van der Waals surface area contributed by atoms with E-state index in [4.69, 9.17) is 4.42 Å². The van der Waals surface area contributed by atoms with E-state index in [1.165, 1.54) is 5.57 Å². The summed E-state index contributed by atoms with van der Waals surface area (Å²) in [5, 5.41) is 8.37. The maximum absolute atomic E-state index is 5.84. The van der Waals surface area contributed by atoms with Gasteiger partial charge in [-0.05, 0) is 32.4 Å². The molecule has 0 N–H and O–H groups in total. The van der Waals surface area contributed by atoms with Crippen LogP contribution in [0, 0.1) is 0 Å². The van der Waals surface area contributed by atoms with Crippen LogP contribution in [0.5, 0.6) is 0 Å². The predicted octanol–water partition coefficient (Wildman–Crippen LogP) is 3.90. The smallest absolute Gasteiger partial charge is 0.247 e. The van der Waals surface area contributed by atoms with Crippen LogP contribution in [-0.4, -0.2) is 10.2 Å². The van der Waals surface area contributed by atoms with E-state index in [1.54, 1.807) is 0 Å². The van der Waals surface area contributed by atoms with Crippen molar-refractivity contribution in [3.8, 4) is 11.5 Å². The molecule has 2 aromatic rings. The van der Waals surface area contributed by atoms with Crippen molar-refractivity contribution in [2.45, 2.75) is 25.7 Å². The molecule has 1 aromatic carbocycles. The fraction of sp³-hybridized carbons (Fsp3) is 0.250. The standard InChI is InChI=1S/C16H16N2O/c1-12-8-10-16(2,11-9-12)15-18-17-14(19-15)13-6-4-3-5-7-13/h3-10H,11H2,1-2H3. The Kier molecular flexibility index (Phi) is 2.82. The molecule has 1 unspecified atom stereocenters. The van der Waals surface area contributed by atoms with Gasteiger partial charge in [-0.2, -0.15) is 0 Å². The van der Waals surface area contributed by atoms with Crippen molar-refractivity contribution in [3.63, 3.8) is 0 Å². The number of hydrogen-bond donors (Lipinski definition) is 0. The minimum Gasteiger partial charge on any atom is -0.420 e. The first-order valence-electron chi connectivity index (χ1n) is 6.43. The Morgan fingerprint density at radius 1 is 1.16 bits per heavy atom. The first kappa shape index (κ1) is 11.9. The third-order valence-corrected chi connectivity index (χ3v) is 3.50. The monoisotopic (exact) mass is 252 g/mol. The summed E-state index contributed by atoms with van der Waals surface area (Å²) >= 11 is 0. The van der Waals surface area contributed by atoms with Crippen LogP contribution in [0.1, 0.15) is 26.2 Å². The van der Waals surface area contributed by atoms with Gasteiger partial charge < -0.3 is 4.42 Å². The van der Waals surface area contributed by atoms with Crippen LogP contribution in [0.15, 0.2) is 58.6 Å². The van der Waals surface area contributed by atoms with Crippen LogP contribution in [0.3, 0.4) is 0 Å². The SMILES string of the molecule is CC1=CCC(C)(c2nnc(-c3ccccc3)o2)C=C1. The summed E-state index contributed by atoms with van der Waals surface area (Å²) in [6.07, 6.45) is 7.35. The van der Waals surface area contributed by atoms with Gasteiger partial charge in [-0.25, -0.2) is 0 Å². The van der Waals surface area contributed by atoms with E-state index in [0.717, 1.165) is 12.0 Å². The molecular weight excluding hydrogens is 236 g/mol. The zero-order valence-corrected chi connectivity index (χ0v) is 11.1. The fourth-order valence-corrected chi connectivity index (χ4v) is 2.13. The summed E-state index contributed by atoms with van der Waals surface area (Å²) in [4.78, 5) is 0. The van der Waals surface area contributed by atoms with E-state index >= 15 is 0 Å². The Hall–Kier alpha value is -2.16. The van der Waals surface area contributed by atoms with Gasteiger partial charge in [0.25, 0.3) is 0 Å². The van der Waals surface area contributed by atoms with Crippen molar-refractivity contribution in [2.75, 3.05) is 0 Å². The van der Waals surface area contributed by atoms with Crippen molar-refractivity contribution >= 4 is 0 Å². The number of rotatable bonds is 2. The number of allylic oxidation sites excluding steroid dienone is 4. The number of aromatic nitrogens is 2. The maximum atomic E-state index is 5.84. The fourth-order valence-electron chi connectivity index (χ4n) is 2.13. The van der Waals surface area contributed by atoms with Crippen molar-refractivity contribution in [3.05, 3.63) is 60.0 Å². The molecule has 3 heteroatoms. The highest BCUT2D eigenvalue weighted by Crippen LogP contribution is 2.34. The Bertz CT molecular complexity index is 640. The molecule has 0 bridgehead atoms. The lowest BCUT2D eigenvalue weighted by atomic mass is 9.82. The molecule has 0 radical (unpaired) electrons. The molecule has 3 nitrogen and oxygen atoms in total. The molecule has 0 fully saturated rings. The molecule has 1 atom stereocenters. The van der Waals surface area contributed by atoms with Gasteiger partial charge in [0.05, 0.1) is 5.41 Å².